The molecule has 6 aromatic rings. The van der Waals surface area contributed by atoms with Gasteiger partial charge >= 0.3 is 0 Å². The Balaban J connectivity index is 1.22. The summed E-state index contributed by atoms with van der Waals surface area (Å²) >= 11 is 0. The van der Waals surface area contributed by atoms with Crippen LogP contribution in [-0.2, 0) is 25.7 Å². The lowest BCUT2D eigenvalue weighted by Gasteiger charge is -2.17. The van der Waals surface area contributed by atoms with Crippen molar-refractivity contribution in [1.29, 1.82) is 0 Å². The zero-order chi connectivity index (χ0) is 46.0. The molecule has 4 aliphatic heterocycles. The van der Waals surface area contributed by atoms with Crippen LogP contribution in [0.2, 0.25) is 0 Å². The summed E-state index contributed by atoms with van der Waals surface area (Å²) in [6.45, 7) is 15.4. The zero-order valence-corrected chi connectivity index (χ0v) is 35.9. The summed E-state index contributed by atoms with van der Waals surface area (Å²) in [6, 6.07) is 26.1. The van der Waals surface area contributed by atoms with Crippen molar-refractivity contribution in [1.82, 2.24) is 0 Å². The molecule has 0 fully saturated rings. The fourth-order valence-electron chi connectivity index (χ4n) is 7.80. The van der Waals surface area contributed by atoms with Crippen LogP contribution in [0.15, 0.2) is 121 Å². The van der Waals surface area contributed by atoms with E-state index in [1.54, 1.807) is 100 Å². The van der Waals surface area contributed by atoms with E-state index in [0.29, 0.717) is 78.4 Å². The van der Waals surface area contributed by atoms with Gasteiger partial charge in [0.05, 0.1) is 22.3 Å². The molecule has 10 rings (SSSR count). The Labute approximate surface area is 370 Å². The highest BCUT2D eigenvalue weighted by molar-refractivity contribution is 6.10. The molecule has 0 spiro atoms. The molecule has 12 heteroatoms. The second-order valence-corrected chi connectivity index (χ2v) is 16.2. The summed E-state index contributed by atoms with van der Waals surface area (Å²) in [4.78, 5) is 54.4. The van der Waals surface area contributed by atoms with Crippen molar-refractivity contribution in [2.75, 3.05) is 21.3 Å². The number of hydrogen-bond donors (Lipinski definition) is 8. The van der Waals surface area contributed by atoms with Crippen LogP contribution < -0.4 is 21.3 Å². The van der Waals surface area contributed by atoms with Crippen molar-refractivity contribution in [3.05, 3.63) is 188 Å². The largest absolute Gasteiger partial charge is 0.507 e. The van der Waals surface area contributed by atoms with E-state index >= 15 is 0 Å². The number of phenols is 4. The highest BCUT2D eigenvalue weighted by Crippen LogP contribution is 2.34. The molecule has 0 unspecified atom stereocenters. The van der Waals surface area contributed by atoms with E-state index in [4.69, 9.17) is 0 Å². The maximum Gasteiger partial charge on any atom is 0.259 e. The Morgan fingerprint density at radius 2 is 0.578 bits per heavy atom. The van der Waals surface area contributed by atoms with E-state index in [1.807, 2.05) is 0 Å². The van der Waals surface area contributed by atoms with Crippen molar-refractivity contribution in [3.8, 4) is 23.0 Å². The van der Waals surface area contributed by atoms with Gasteiger partial charge < -0.3 is 41.7 Å². The predicted molar refractivity (Wildman–Crippen MR) is 249 cm³/mol. The van der Waals surface area contributed by atoms with Crippen LogP contribution in [0.5, 0.6) is 23.0 Å². The summed E-state index contributed by atoms with van der Waals surface area (Å²) in [7, 11) is 0. The molecule has 4 aliphatic rings. The van der Waals surface area contributed by atoms with Gasteiger partial charge in [0.25, 0.3) is 23.6 Å². The molecular formula is C52H48N4O8. The Morgan fingerprint density at radius 1 is 0.375 bits per heavy atom. The quantitative estimate of drug-likeness (QED) is 0.0691. The third-order valence-electron chi connectivity index (χ3n) is 11.4. The second kappa shape index (κ2) is 18.1. The molecule has 0 atom stereocenters. The van der Waals surface area contributed by atoms with E-state index in [1.165, 1.54) is 24.3 Å². The van der Waals surface area contributed by atoms with Crippen LogP contribution in [0.1, 0.15) is 85.9 Å². The fraction of sp³-hybridized carbons (Fsp3) is 0.154. The van der Waals surface area contributed by atoms with E-state index in [-0.39, 0.29) is 70.9 Å². The summed E-state index contributed by atoms with van der Waals surface area (Å²) in [5.74, 6) is -3.18. The molecule has 4 amide bonds. The maximum atomic E-state index is 13.6. The van der Waals surface area contributed by atoms with Crippen molar-refractivity contribution >= 4 is 46.4 Å². The van der Waals surface area contributed by atoms with Crippen LogP contribution in [0.4, 0.5) is 22.7 Å². The minimum Gasteiger partial charge on any atom is -0.507 e. The molecule has 8 N–H and O–H groups in total. The molecule has 0 saturated heterocycles. The molecule has 64 heavy (non-hydrogen) atoms. The number of carbonyl (C=O) groups excluding carboxylic acids is 4. The molecule has 0 radical (unpaired) electrons. The lowest BCUT2D eigenvalue weighted by atomic mass is 9.95. The van der Waals surface area contributed by atoms with Crippen molar-refractivity contribution in [3.63, 3.8) is 0 Å². The number of aromatic hydroxyl groups is 4. The number of amides is 4. The number of allylic oxidation sites excluding steroid dienone is 2. The number of aryl methyl sites for hydroxylation is 4. The highest BCUT2D eigenvalue weighted by atomic mass is 16.3. The highest BCUT2D eigenvalue weighted by Gasteiger charge is 2.22. The molecule has 12 bridgehead atoms. The zero-order valence-electron chi connectivity index (χ0n) is 35.9. The summed E-state index contributed by atoms with van der Waals surface area (Å²) in [5.41, 5.74) is 7.32. The molecule has 0 aliphatic carbocycles. The summed E-state index contributed by atoms with van der Waals surface area (Å²) in [5, 5.41) is 56.6. The number of benzene rings is 6. The molecular weight excluding hydrogens is 809 g/mol. The normalized spacial score (nSPS) is 14.0. The Hall–Kier alpha value is -8.12. The SMILES string of the molecule is C=C1Cc2cccc(c2O)C(=O)Nc2cc(C)c(cc2C)NC(=O)c2cccc(c2O)CC(=C)Cc2cccc(c2O)C(=O)Nc2cc(C)c(cc2C)NC(=O)c2cccc(c2O)C1. The standard InChI is InChI=1S/C52H48N4O8/c1-27-19-33-11-7-15-37(45(33)57)49(61)53-41-23-31(5)43(25-29(41)3)55-51(63)39-17-9-13-35(47(39)59)21-28(2)22-36-14-10-18-40(48(36)60)52(64)56-44-26-30(4)42(24-32(44)6)54-50(62)38-16-8-12-34(20-27)46(38)58/h7-18,23-26,57-60H,1-2,19-22H2,3-6H3,(H,53,61)(H,54,62)(H,55,63)(H,56,64). The van der Waals surface area contributed by atoms with E-state index in [0.717, 1.165) is 0 Å². The minimum atomic E-state index is -0.561. The average molecular weight is 857 g/mol. The van der Waals surface area contributed by atoms with Gasteiger partial charge in [0.2, 0.25) is 0 Å². The molecule has 0 saturated carbocycles. The lowest BCUT2D eigenvalue weighted by molar-refractivity contribution is 0.101. The minimum absolute atomic E-state index is 0.0303. The predicted octanol–water partition coefficient (Wildman–Crippen LogP) is 9.75. The number of hydrogen-bond acceptors (Lipinski definition) is 8. The Kier molecular flexibility index (Phi) is 12.4. The van der Waals surface area contributed by atoms with Crippen LogP contribution in [0, 0.1) is 27.7 Å². The van der Waals surface area contributed by atoms with E-state index in [9.17, 15) is 39.6 Å². The average Bonchev–Trinajstić information content (AvgIpc) is 3.24. The number of anilines is 4. The maximum absolute atomic E-state index is 13.6. The Bertz CT molecular complexity index is 2560. The van der Waals surface area contributed by atoms with Gasteiger partial charge in [-0.05, 0) is 146 Å². The third-order valence-corrected chi connectivity index (χ3v) is 11.4. The first-order valence-electron chi connectivity index (χ1n) is 20.5. The van der Waals surface area contributed by atoms with Gasteiger partial charge in [-0.3, -0.25) is 19.2 Å². The van der Waals surface area contributed by atoms with Crippen LogP contribution >= 0.6 is 0 Å². The van der Waals surface area contributed by atoms with Gasteiger partial charge in [-0.15, -0.1) is 0 Å². The van der Waals surface area contributed by atoms with Crippen molar-refractivity contribution in [2.45, 2.75) is 53.4 Å². The number of phenolic OH excluding ortho intramolecular Hbond substituents is 4. The molecule has 324 valence electrons. The number of para-hydroxylation sites is 4. The third kappa shape index (κ3) is 9.21. The lowest BCUT2D eigenvalue weighted by Crippen LogP contribution is -2.16. The topological polar surface area (TPSA) is 197 Å². The fourth-order valence-corrected chi connectivity index (χ4v) is 7.80. The van der Waals surface area contributed by atoms with Gasteiger partial charge in [-0.2, -0.15) is 0 Å². The molecule has 4 heterocycles. The summed E-state index contributed by atoms with van der Waals surface area (Å²) in [6.07, 6.45) is 0.647. The van der Waals surface area contributed by atoms with Crippen LogP contribution in [0.25, 0.3) is 0 Å². The molecule has 6 aromatic carbocycles. The van der Waals surface area contributed by atoms with Gasteiger partial charge in [-0.1, -0.05) is 72.8 Å². The van der Waals surface area contributed by atoms with Gasteiger partial charge in [-0.25, -0.2) is 0 Å². The smallest absolute Gasteiger partial charge is 0.259 e. The Morgan fingerprint density at radius 3 is 0.781 bits per heavy atom. The number of nitrogens with one attached hydrogen (secondary N) is 4. The van der Waals surface area contributed by atoms with Crippen LogP contribution in [0.3, 0.4) is 0 Å². The monoisotopic (exact) mass is 856 g/mol. The molecule has 12 nitrogen and oxygen atoms in total. The van der Waals surface area contributed by atoms with Crippen LogP contribution in [-0.4, -0.2) is 44.1 Å². The van der Waals surface area contributed by atoms with Gasteiger partial charge in [0.1, 0.15) is 23.0 Å². The van der Waals surface area contributed by atoms with Crippen molar-refractivity contribution < 1.29 is 39.6 Å². The van der Waals surface area contributed by atoms with Gasteiger partial charge in [0.15, 0.2) is 0 Å². The first-order chi connectivity index (χ1) is 30.5. The molecule has 0 aromatic heterocycles. The number of rotatable bonds is 0. The second-order valence-electron chi connectivity index (χ2n) is 16.2. The van der Waals surface area contributed by atoms with E-state index in [2.05, 4.69) is 34.4 Å². The van der Waals surface area contributed by atoms with Gasteiger partial charge in [0, 0.05) is 22.7 Å². The first kappa shape index (κ1) is 44.0. The first-order valence-corrected chi connectivity index (χ1v) is 20.5. The summed E-state index contributed by atoms with van der Waals surface area (Å²) < 4.78 is 0. The van der Waals surface area contributed by atoms with Crippen molar-refractivity contribution in [2.24, 2.45) is 0 Å². The van der Waals surface area contributed by atoms with E-state index < -0.39 is 23.6 Å². The number of carbonyl (C=O) groups is 4.